The van der Waals surface area contributed by atoms with Crippen molar-refractivity contribution in [2.45, 2.75) is 25.7 Å². The van der Waals surface area contributed by atoms with Gasteiger partial charge in [-0.05, 0) is 43.5 Å². The minimum absolute atomic E-state index is 0.236. The normalized spacial score (nSPS) is 11.5. The fourth-order valence-corrected chi connectivity index (χ4v) is 4.25. The van der Waals surface area contributed by atoms with Gasteiger partial charge in [-0.3, -0.25) is 4.72 Å². The van der Waals surface area contributed by atoms with E-state index in [2.05, 4.69) is 9.71 Å². The van der Waals surface area contributed by atoms with Gasteiger partial charge >= 0.3 is 0 Å². The topological polar surface area (TPSA) is 85.1 Å². The number of nitrogens with one attached hydrogen (secondary N) is 1. The molecule has 0 saturated heterocycles. The molecule has 0 aliphatic rings. The number of anilines is 2. The molecule has 1 aromatic carbocycles. The number of benzene rings is 1. The third-order valence-electron chi connectivity index (χ3n) is 3.00. The van der Waals surface area contributed by atoms with Crippen LogP contribution < -0.4 is 10.5 Å². The van der Waals surface area contributed by atoms with E-state index in [9.17, 15) is 8.42 Å². The van der Waals surface area contributed by atoms with Crippen molar-refractivity contribution in [3.63, 3.8) is 0 Å². The molecule has 0 radical (unpaired) electrons. The van der Waals surface area contributed by atoms with Crippen LogP contribution in [-0.4, -0.2) is 13.4 Å². The minimum Gasteiger partial charge on any atom is -0.398 e. The first-order chi connectivity index (χ1) is 8.83. The van der Waals surface area contributed by atoms with E-state index in [0.29, 0.717) is 21.9 Å². The lowest BCUT2D eigenvalue weighted by molar-refractivity contribution is 0.600. The van der Waals surface area contributed by atoms with Crippen molar-refractivity contribution in [1.29, 1.82) is 0 Å². The fraction of sp³-hybridized carbons (Fsp3) is 0.250. The lowest BCUT2D eigenvalue weighted by atomic mass is 10.1. The first kappa shape index (κ1) is 13.8. The van der Waals surface area contributed by atoms with E-state index in [-0.39, 0.29) is 4.90 Å². The summed E-state index contributed by atoms with van der Waals surface area (Å²) in [6.45, 7) is 5.32. The zero-order valence-corrected chi connectivity index (χ0v) is 12.5. The summed E-state index contributed by atoms with van der Waals surface area (Å²) in [5, 5.41) is 2.06. The Morgan fingerprint density at radius 2 is 1.95 bits per heavy atom. The van der Waals surface area contributed by atoms with E-state index in [1.54, 1.807) is 31.5 Å². The van der Waals surface area contributed by atoms with Gasteiger partial charge in [-0.1, -0.05) is 0 Å². The average Bonchev–Trinajstić information content (AvgIpc) is 2.78. The Bertz CT molecular complexity index is 681. The van der Waals surface area contributed by atoms with Crippen molar-refractivity contribution in [3.8, 4) is 0 Å². The highest BCUT2D eigenvalue weighted by Gasteiger charge is 2.23. The predicted octanol–water partition coefficient (Wildman–Crippen LogP) is 2.45. The molecule has 2 aromatic rings. The molecule has 0 aliphatic carbocycles. The van der Waals surface area contributed by atoms with Gasteiger partial charge in [-0.25, -0.2) is 13.4 Å². The van der Waals surface area contributed by atoms with Gasteiger partial charge in [0.05, 0.1) is 4.90 Å². The van der Waals surface area contributed by atoms with Crippen LogP contribution in [0.1, 0.15) is 16.7 Å². The Hall–Kier alpha value is -1.60. The van der Waals surface area contributed by atoms with Gasteiger partial charge in [-0.2, -0.15) is 0 Å². The van der Waals surface area contributed by atoms with Crippen molar-refractivity contribution < 1.29 is 8.42 Å². The molecule has 0 amide bonds. The quantitative estimate of drug-likeness (QED) is 0.852. The van der Waals surface area contributed by atoms with E-state index in [4.69, 9.17) is 5.73 Å². The molecule has 0 saturated carbocycles. The van der Waals surface area contributed by atoms with Crippen molar-refractivity contribution in [1.82, 2.24) is 4.98 Å². The molecule has 7 heteroatoms. The highest BCUT2D eigenvalue weighted by molar-refractivity contribution is 7.93. The number of hydrogen-bond donors (Lipinski definition) is 2. The SMILES string of the molecule is Cc1cc(N)c(C)c(S(=O)(=O)Nc2nccs2)c1C. The van der Waals surface area contributed by atoms with Crippen molar-refractivity contribution in [2.75, 3.05) is 10.5 Å². The molecule has 102 valence electrons. The highest BCUT2D eigenvalue weighted by atomic mass is 32.2. The molecule has 3 N–H and O–H groups in total. The molecule has 0 aliphatic heterocycles. The summed E-state index contributed by atoms with van der Waals surface area (Å²) in [4.78, 5) is 4.16. The smallest absolute Gasteiger partial charge is 0.264 e. The summed E-state index contributed by atoms with van der Waals surface area (Å²) in [7, 11) is -3.67. The van der Waals surface area contributed by atoms with Crippen LogP contribution in [0.2, 0.25) is 0 Å². The van der Waals surface area contributed by atoms with Crippen molar-refractivity contribution in [3.05, 3.63) is 34.3 Å². The van der Waals surface area contributed by atoms with Gasteiger partial charge in [-0.15, -0.1) is 11.3 Å². The van der Waals surface area contributed by atoms with Crippen LogP contribution in [0.15, 0.2) is 22.5 Å². The Balaban J connectivity index is 2.58. The molecule has 5 nitrogen and oxygen atoms in total. The Morgan fingerprint density at radius 3 is 2.53 bits per heavy atom. The van der Waals surface area contributed by atoms with Gasteiger partial charge in [0, 0.05) is 17.3 Å². The molecule has 19 heavy (non-hydrogen) atoms. The number of thiazole rings is 1. The number of hydrogen-bond acceptors (Lipinski definition) is 5. The molecule has 1 aromatic heterocycles. The largest absolute Gasteiger partial charge is 0.398 e. The van der Waals surface area contributed by atoms with Crippen LogP contribution in [0.4, 0.5) is 10.8 Å². The first-order valence-electron chi connectivity index (χ1n) is 5.61. The second-order valence-electron chi connectivity index (χ2n) is 4.30. The Labute approximate surface area is 116 Å². The number of rotatable bonds is 3. The van der Waals surface area contributed by atoms with Crippen molar-refractivity contribution in [2.24, 2.45) is 0 Å². The maximum atomic E-state index is 12.4. The van der Waals surface area contributed by atoms with E-state index in [1.165, 1.54) is 11.3 Å². The van der Waals surface area contributed by atoms with Crippen LogP contribution in [0.5, 0.6) is 0 Å². The molecule has 0 atom stereocenters. The van der Waals surface area contributed by atoms with E-state index < -0.39 is 10.0 Å². The van der Waals surface area contributed by atoms with Crippen LogP contribution in [0.3, 0.4) is 0 Å². The second-order valence-corrected chi connectivity index (χ2v) is 6.82. The Morgan fingerprint density at radius 1 is 1.26 bits per heavy atom. The fourth-order valence-electron chi connectivity index (χ4n) is 1.88. The zero-order chi connectivity index (χ0) is 14.2. The maximum absolute atomic E-state index is 12.4. The van der Waals surface area contributed by atoms with E-state index in [1.807, 2.05) is 6.92 Å². The average molecular weight is 297 g/mol. The van der Waals surface area contributed by atoms with Gasteiger partial charge in [0.1, 0.15) is 0 Å². The van der Waals surface area contributed by atoms with Gasteiger partial charge in [0.2, 0.25) is 0 Å². The summed E-state index contributed by atoms with van der Waals surface area (Å²) in [5.41, 5.74) is 8.45. The number of aryl methyl sites for hydroxylation is 1. The van der Waals surface area contributed by atoms with Crippen molar-refractivity contribution >= 4 is 32.2 Å². The van der Waals surface area contributed by atoms with Gasteiger partial charge < -0.3 is 5.73 Å². The van der Waals surface area contributed by atoms with Crippen LogP contribution >= 0.6 is 11.3 Å². The van der Waals surface area contributed by atoms with Crippen LogP contribution in [0.25, 0.3) is 0 Å². The second kappa shape index (κ2) is 4.82. The first-order valence-corrected chi connectivity index (χ1v) is 7.98. The summed E-state index contributed by atoms with van der Waals surface area (Å²) < 4.78 is 27.4. The number of nitrogens with two attached hydrogens (primary N) is 1. The lowest BCUT2D eigenvalue weighted by Crippen LogP contribution is -2.17. The third kappa shape index (κ3) is 2.57. The summed E-state index contributed by atoms with van der Waals surface area (Å²) in [6, 6.07) is 1.78. The molecular formula is C12H15N3O2S2. The minimum atomic E-state index is -3.67. The standard InChI is InChI=1S/C12H15N3O2S2/c1-7-6-10(13)9(3)11(8(7)2)19(16,17)15-12-14-4-5-18-12/h4-6H,13H2,1-3H3,(H,14,15). The monoisotopic (exact) mass is 297 g/mol. The summed E-state index contributed by atoms with van der Waals surface area (Å²) in [6.07, 6.45) is 1.55. The molecule has 0 unspecified atom stereocenters. The zero-order valence-electron chi connectivity index (χ0n) is 10.9. The molecule has 0 fully saturated rings. The molecular weight excluding hydrogens is 282 g/mol. The maximum Gasteiger partial charge on any atom is 0.264 e. The molecule has 0 spiro atoms. The number of nitrogens with zero attached hydrogens (tertiary/aromatic N) is 1. The van der Waals surface area contributed by atoms with E-state index >= 15 is 0 Å². The number of aromatic nitrogens is 1. The predicted molar refractivity (Wildman–Crippen MR) is 78.0 cm³/mol. The molecule has 2 rings (SSSR count). The van der Waals surface area contributed by atoms with Gasteiger partial charge in [0.25, 0.3) is 10.0 Å². The molecule has 0 bridgehead atoms. The molecule has 1 heterocycles. The number of nitrogen functional groups attached to an aromatic ring is 1. The lowest BCUT2D eigenvalue weighted by Gasteiger charge is -2.15. The van der Waals surface area contributed by atoms with E-state index in [0.717, 1.165) is 5.56 Å². The van der Waals surface area contributed by atoms with Crippen LogP contribution in [0, 0.1) is 20.8 Å². The third-order valence-corrected chi connectivity index (χ3v) is 5.43. The Kier molecular flexibility index (Phi) is 3.51. The van der Waals surface area contributed by atoms with Crippen LogP contribution in [-0.2, 0) is 10.0 Å². The highest BCUT2D eigenvalue weighted by Crippen LogP contribution is 2.29. The van der Waals surface area contributed by atoms with Gasteiger partial charge in [0.15, 0.2) is 5.13 Å². The summed E-state index contributed by atoms with van der Waals surface area (Å²) >= 11 is 1.23. The summed E-state index contributed by atoms with van der Waals surface area (Å²) in [5.74, 6) is 0. The number of sulfonamides is 1.